The molecule has 8 heteroatoms. The number of hydrogen-bond donors (Lipinski definition) is 1. The fourth-order valence-corrected chi connectivity index (χ4v) is 6.64. The maximum Gasteiger partial charge on any atom is 0.223 e. The van der Waals surface area contributed by atoms with Crippen LogP contribution in [0.15, 0.2) is 16.7 Å². The Kier molecular flexibility index (Phi) is 7.42. The van der Waals surface area contributed by atoms with Crippen molar-refractivity contribution >= 4 is 28.5 Å². The second-order valence-corrected chi connectivity index (χ2v) is 10.9. The van der Waals surface area contributed by atoms with Gasteiger partial charge in [0.05, 0.1) is 22.7 Å². The number of likely N-dealkylation sites (tertiary alicyclic amines) is 1. The van der Waals surface area contributed by atoms with E-state index in [1.54, 1.807) is 0 Å². The minimum Gasteiger partial charge on any atom is -0.377 e. The van der Waals surface area contributed by atoms with Crippen LogP contribution in [0.2, 0.25) is 5.02 Å². The van der Waals surface area contributed by atoms with Gasteiger partial charge in [-0.1, -0.05) is 29.6 Å². The first-order chi connectivity index (χ1) is 16.5. The summed E-state index contributed by atoms with van der Waals surface area (Å²) in [6.07, 6.45) is 9.77. The molecule has 2 N–H and O–H groups in total. The average Bonchev–Trinajstić information content (AvgIpc) is 3.50. The number of piperidine rings is 1. The number of aromatic nitrogens is 1. The summed E-state index contributed by atoms with van der Waals surface area (Å²) in [4.78, 5) is 14.7. The molecular formula is C26H35ClFN3O3. The van der Waals surface area contributed by atoms with Crippen LogP contribution in [0, 0.1) is 23.6 Å². The summed E-state index contributed by atoms with van der Waals surface area (Å²) in [5, 5.41) is 5.06. The number of primary amides is 1. The number of ether oxygens (including phenoxy) is 1. The molecule has 0 radical (unpaired) electrons. The molecule has 2 aromatic rings. The van der Waals surface area contributed by atoms with Crippen LogP contribution in [-0.4, -0.2) is 48.3 Å². The molecule has 3 fully saturated rings. The Hall–Kier alpha value is -1.70. The minimum absolute atomic E-state index is 0.0377. The first-order valence-electron chi connectivity index (χ1n) is 12.9. The lowest BCUT2D eigenvalue weighted by molar-refractivity contribution is -0.129. The molecule has 1 aliphatic carbocycles. The Morgan fingerprint density at radius 3 is 2.62 bits per heavy atom. The van der Waals surface area contributed by atoms with Gasteiger partial charge in [-0.05, 0) is 82.5 Å². The SMILES string of the molecule is NC(=O)C(C1CCC(CCN2CCC(c3noc4cc(Cl)c(F)cc34)CC2)CC1)C1CCCO1. The van der Waals surface area contributed by atoms with Gasteiger partial charge < -0.3 is 19.9 Å². The van der Waals surface area contributed by atoms with Crippen LogP contribution in [0.25, 0.3) is 11.0 Å². The minimum atomic E-state index is -0.427. The Bertz CT molecular complexity index is 993. The molecule has 1 saturated carbocycles. The van der Waals surface area contributed by atoms with Gasteiger partial charge in [0.15, 0.2) is 5.58 Å². The van der Waals surface area contributed by atoms with Gasteiger partial charge in [0.1, 0.15) is 5.82 Å². The molecule has 0 spiro atoms. The number of benzene rings is 1. The molecule has 0 bridgehead atoms. The van der Waals surface area contributed by atoms with E-state index in [0.29, 0.717) is 11.5 Å². The van der Waals surface area contributed by atoms with E-state index in [0.717, 1.165) is 81.8 Å². The maximum absolute atomic E-state index is 14.0. The molecule has 186 valence electrons. The number of halogens is 2. The van der Waals surface area contributed by atoms with Crippen LogP contribution in [0.1, 0.15) is 69.4 Å². The van der Waals surface area contributed by atoms with Crippen LogP contribution in [0.3, 0.4) is 0 Å². The van der Waals surface area contributed by atoms with Crippen molar-refractivity contribution in [2.75, 3.05) is 26.2 Å². The Morgan fingerprint density at radius 1 is 1.18 bits per heavy atom. The summed E-state index contributed by atoms with van der Waals surface area (Å²) in [7, 11) is 0. The van der Waals surface area contributed by atoms with Crippen LogP contribution >= 0.6 is 11.6 Å². The summed E-state index contributed by atoms with van der Waals surface area (Å²) in [6.45, 7) is 3.91. The van der Waals surface area contributed by atoms with Gasteiger partial charge in [0.2, 0.25) is 5.91 Å². The Balaban J connectivity index is 1.08. The van der Waals surface area contributed by atoms with Gasteiger partial charge in [-0.25, -0.2) is 4.39 Å². The van der Waals surface area contributed by atoms with Gasteiger partial charge in [0, 0.05) is 24.0 Å². The smallest absolute Gasteiger partial charge is 0.223 e. The predicted octanol–water partition coefficient (Wildman–Crippen LogP) is 5.28. The zero-order valence-corrected chi connectivity index (χ0v) is 20.4. The number of nitrogens with zero attached hydrogens (tertiary/aromatic N) is 2. The summed E-state index contributed by atoms with van der Waals surface area (Å²) in [5.74, 6) is 0.674. The van der Waals surface area contributed by atoms with Crippen molar-refractivity contribution in [1.82, 2.24) is 10.1 Å². The highest BCUT2D eigenvalue weighted by Crippen LogP contribution is 2.39. The average molecular weight is 492 g/mol. The molecule has 2 unspecified atom stereocenters. The Labute approximate surface area is 205 Å². The van der Waals surface area contributed by atoms with Crippen LogP contribution in [0.4, 0.5) is 4.39 Å². The first-order valence-corrected chi connectivity index (χ1v) is 13.2. The standard InChI is InChI=1S/C26H35ClFN3O3/c27-20-15-23-19(14-21(20)28)25(30-34-23)18-8-11-31(12-9-18)10-7-16-3-5-17(6-4-16)24(26(29)32)22-2-1-13-33-22/h14-18,22,24H,1-13H2,(H2,29,32). The zero-order chi connectivity index (χ0) is 23.7. The second-order valence-electron chi connectivity index (χ2n) is 10.5. The molecular weight excluding hydrogens is 457 g/mol. The number of carbonyl (C=O) groups is 1. The van der Waals surface area contributed by atoms with Gasteiger partial charge in [0.25, 0.3) is 0 Å². The number of hydrogen-bond acceptors (Lipinski definition) is 5. The summed E-state index contributed by atoms with van der Waals surface area (Å²) in [6, 6.07) is 2.97. The van der Waals surface area contributed by atoms with Crippen molar-refractivity contribution in [3.63, 3.8) is 0 Å². The quantitative estimate of drug-likeness (QED) is 0.570. The van der Waals surface area contributed by atoms with Gasteiger partial charge >= 0.3 is 0 Å². The molecule has 1 aromatic carbocycles. The highest BCUT2D eigenvalue weighted by molar-refractivity contribution is 6.31. The van der Waals surface area contributed by atoms with Crippen LogP contribution in [-0.2, 0) is 9.53 Å². The second kappa shape index (κ2) is 10.5. The monoisotopic (exact) mass is 491 g/mol. The lowest BCUT2D eigenvalue weighted by atomic mass is 9.72. The fourth-order valence-electron chi connectivity index (χ4n) is 6.48. The number of rotatable bonds is 7. The van der Waals surface area contributed by atoms with Crippen molar-refractivity contribution < 1.29 is 18.4 Å². The van der Waals surface area contributed by atoms with Crippen LogP contribution in [0.5, 0.6) is 0 Å². The van der Waals surface area contributed by atoms with E-state index in [1.165, 1.54) is 31.4 Å². The van der Waals surface area contributed by atoms with Gasteiger partial charge in [-0.3, -0.25) is 4.79 Å². The summed E-state index contributed by atoms with van der Waals surface area (Å²) >= 11 is 5.87. The Morgan fingerprint density at radius 2 is 1.94 bits per heavy atom. The maximum atomic E-state index is 14.0. The highest BCUT2D eigenvalue weighted by Gasteiger charge is 2.38. The van der Waals surface area contributed by atoms with E-state index in [9.17, 15) is 9.18 Å². The molecule has 1 aromatic heterocycles. The van der Waals surface area contributed by atoms with Crippen molar-refractivity contribution in [3.8, 4) is 0 Å². The lowest BCUT2D eigenvalue weighted by Crippen LogP contribution is -2.40. The third-order valence-electron chi connectivity index (χ3n) is 8.46. The largest absolute Gasteiger partial charge is 0.377 e. The molecule has 6 nitrogen and oxygen atoms in total. The van der Waals surface area contributed by atoms with E-state index in [4.69, 9.17) is 26.6 Å². The third kappa shape index (κ3) is 5.12. The lowest BCUT2D eigenvalue weighted by Gasteiger charge is -2.36. The molecule has 2 aliphatic heterocycles. The molecule has 34 heavy (non-hydrogen) atoms. The molecule has 3 heterocycles. The topological polar surface area (TPSA) is 81.6 Å². The van der Waals surface area contributed by atoms with Crippen molar-refractivity contribution in [2.45, 2.75) is 69.8 Å². The highest BCUT2D eigenvalue weighted by atomic mass is 35.5. The van der Waals surface area contributed by atoms with Crippen molar-refractivity contribution in [1.29, 1.82) is 0 Å². The number of carbonyl (C=O) groups excluding carboxylic acids is 1. The van der Waals surface area contributed by atoms with E-state index >= 15 is 0 Å². The van der Waals surface area contributed by atoms with E-state index < -0.39 is 5.82 Å². The molecule has 2 atom stereocenters. The normalized spacial score (nSPS) is 27.9. The van der Waals surface area contributed by atoms with E-state index in [1.807, 2.05) is 0 Å². The molecule has 3 aliphatic rings. The zero-order valence-electron chi connectivity index (χ0n) is 19.7. The fraction of sp³-hybridized carbons (Fsp3) is 0.692. The predicted molar refractivity (Wildman–Crippen MR) is 129 cm³/mol. The molecule has 5 rings (SSSR count). The van der Waals surface area contributed by atoms with Crippen molar-refractivity contribution in [2.24, 2.45) is 23.5 Å². The van der Waals surface area contributed by atoms with E-state index in [2.05, 4.69) is 10.1 Å². The van der Waals surface area contributed by atoms with Crippen molar-refractivity contribution in [3.05, 3.63) is 28.7 Å². The number of nitrogens with two attached hydrogens (primary N) is 1. The van der Waals surface area contributed by atoms with Gasteiger partial charge in [-0.2, -0.15) is 0 Å². The van der Waals surface area contributed by atoms with Crippen LogP contribution < -0.4 is 5.73 Å². The van der Waals surface area contributed by atoms with Gasteiger partial charge in [-0.15, -0.1) is 0 Å². The third-order valence-corrected chi connectivity index (χ3v) is 8.75. The number of fused-ring (bicyclic) bond motifs is 1. The summed E-state index contributed by atoms with van der Waals surface area (Å²) < 4.78 is 25.2. The molecule has 1 amide bonds. The summed E-state index contributed by atoms with van der Waals surface area (Å²) in [5.41, 5.74) is 7.18. The first kappa shape index (κ1) is 24.0. The molecule has 2 saturated heterocycles. The number of amides is 1. The van der Waals surface area contributed by atoms with E-state index in [-0.39, 0.29) is 28.9 Å².